The Morgan fingerprint density at radius 3 is 2.38 bits per heavy atom. The zero-order valence-electron chi connectivity index (χ0n) is 17.3. The van der Waals surface area contributed by atoms with Gasteiger partial charge in [-0.05, 0) is 26.5 Å². The largest absolute Gasteiger partial charge is 0.357 e. The van der Waals surface area contributed by atoms with Gasteiger partial charge in [0.2, 0.25) is 0 Å². The molecule has 1 unspecified atom stereocenters. The summed E-state index contributed by atoms with van der Waals surface area (Å²) in [4.78, 5) is 9.82. The molecule has 2 N–H and O–H groups in total. The van der Waals surface area contributed by atoms with Crippen LogP contribution < -0.4 is 10.6 Å². The molecule has 0 aliphatic carbocycles. The molecule has 5 heteroatoms. The fraction of sp³-hybridized carbons (Fsp3) is 0.667. The van der Waals surface area contributed by atoms with Gasteiger partial charge in [0.15, 0.2) is 5.96 Å². The van der Waals surface area contributed by atoms with Crippen molar-refractivity contribution in [2.24, 2.45) is 4.99 Å². The maximum absolute atomic E-state index is 4.86. The van der Waals surface area contributed by atoms with E-state index < -0.39 is 0 Å². The summed E-state index contributed by atoms with van der Waals surface area (Å²) in [6, 6.07) is 11.1. The molecule has 1 saturated heterocycles. The van der Waals surface area contributed by atoms with Crippen LogP contribution in [0.4, 0.5) is 0 Å². The average Bonchev–Trinajstić information content (AvgIpc) is 2.65. The van der Waals surface area contributed by atoms with Gasteiger partial charge < -0.3 is 15.5 Å². The number of hydrogen-bond donors (Lipinski definition) is 2. The van der Waals surface area contributed by atoms with Crippen molar-refractivity contribution in [2.45, 2.75) is 39.2 Å². The summed E-state index contributed by atoms with van der Waals surface area (Å²) in [6.07, 6.45) is 0. The highest BCUT2D eigenvalue weighted by molar-refractivity contribution is 5.79. The third-order valence-electron chi connectivity index (χ3n) is 5.26. The highest BCUT2D eigenvalue weighted by Crippen LogP contribution is 2.22. The smallest absolute Gasteiger partial charge is 0.191 e. The van der Waals surface area contributed by atoms with Crippen LogP contribution in [-0.4, -0.2) is 74.7 Å². The van der Waals surface area contributed by atoms with Gasteiger partial charge in [0.25, 0.3) is 0 Å². The summed E-state index contributed by atoms with van der Waals surface area (Å²) in [6.45, 7) is 16.1. The van der Waals surface area contributed by atoms with Crippen molar-refractivity contribution in [3.05, 3.63) is 35.9 Å². The Balaban J connectivity index is 1.90. The minimum atomic E-state index is 0.0205. The van der Waals surface area contributed by atoms with Crippen molar-refractivity contribution in [1.29, 1.82) is 0 Å². The van der Waals surface area contributed by atoms with Gasteiger partial charge in [-0.25, -0.2) is 0 Å². The van der Waals surface area contributed by atoms with E-state index in [2.05, 4.69) is 85.5 Å². The average molecular weight is 360 g/mol. The third kappa shape index (κ3) is 6.29. The molecule has 0 saturated carbocycles. The van der Waals surface area contributed by atoms with E-state index in [1.54, 1.807) is 0 Å². The Hall–Kier alpha value is -1.59. The number of nitrogens with one attached hydrogen (secondary N) is 2. The molecule has 0 spiro atoms. The molecule has 1 aliphatic rings. The third-order valence-corrected chi connectivity index (χ3v) is 5.26. The molecule has 1 aliphatic heterocycles. The van der Waals surface area contributed by atoms with Crippen LogP contribution in [0.25, 0.3) is 0 Å². The number of benzene rings is 1. The Labute approximate surface area is 159 Å². The van der Waals surface area contributed by atoms with Crippen LogP contribution in [0.1, 0.15) is 33.3 Å². The molecule has 1 fully saturated rings. The molecular weight excluding hydrogens is 322 g/mol. The normalized spacial score (nSPS) is 18.6. The van der Waals surface area contributed by atoms with Crippen molar-refractivity contribution in [2.75, 3.05) is 52.9 Å². The van der Waals surface area contributed by atoms with Crippen LogP contribution in [0.2, 0.25) is 0 Å². The van der Waals surface area contributed by atoms with E-state index in [-0.39, 0.29) is 5.41 Å². The first-order valence-corrected chi connectivity index (χ1v) is 9.92. The van der Waals surface area contributed by atoms with Crippen molar-refractivity contribution >= 4 is 5.96 Å². The first kappa shape index (κ1) is 20.7. The fourth-order valence-electron chi connectivity index (χ4n) is 3.24. The lowest BCUT2D eigenvalue weighted by molar-refractivity contribution is 0.120. The minimum absolute atomic E-state index is 0.0205. The number of aliphatic imine (C=N–C) groups is 1. The molecule has 0 aromatic heterocycles. The van der Waals surface area contributed by atoms with Crippen molar-refractivity contribution in [3.8, 4) is 0 Å². The summed E-state index contributed by atoms with van der Waals surface area (Å²) in [5.74, 6) is 0.914. The predicted molar refractivity (Wildman–Crippen MR) is 112 cm³/mol. The summed E-state index contributed by atoms with van der Waals surface area (Å²) in [5, 5.41) is 6.92. The number of guanidine groups is 1. The lowest BCUT2D eigenvalue weighted by Crippen LogP contribution is -2.52. The van der Waals surface area contributed by atoms with Gasteiger partial charge in [0, 0.05) is 50.7 Å². The summed E-state index contributed by atoms with van der Waals surface area (Å²) in [5.41, 5.74) is 1.34. The van der Waals surface area contributed by atoms with Gasteiger partial charge in [-0.2, -0.15) is 0 Å². The standard InChI is InChI=1S/C21H37N5/c1-6-22-20(23-16-18(2)26-14-12-25(5)13-15-26)24-17-21(3,4)19-10-8-7-9-11-19/h7-11,18H,6,12-17H2,1-5H3,(H2,22,23,24). The summed E-state index contributed by atoms with van der Waals surface area (Å²) in [7, 11) is 2.20. The quantitative estimate of drug-likeness (QED) is 0.578. The number of hydrogen-bond acceptors (Lipinski definition) is 3. The van der Waals surface area contributed by atoms with Crippen LogP contribution in [-0.2, 0) is 5.41 Å². The molecule has 0 radical (unpaired) electrons. The minimum Gasteiger partial charge on any atom is -0.357 e. The van der Waals surface area contributed by atoms with Gasteiger partial charge in [0.1, 0.15) is 0 Å². The lowest BCUT2D eigenvalue weighted by atomic mass is 9.85. The van der Waals surface area contributed by atoms with E-state index in [1.807, 2.05) is 0 Å². The highest BCUT2D eigenvalue weighted by atomic mass is 15.3. The molecule has 5 nitrogen and oxygen atoms in total. The molecule has 0 amide bonds. The van der Waals surface area contributed by atoms with Crippen LogP contribution in [0.3, 0.4) is 0 Å². The fourth-order valence-corrected chi connectivity index (χ4v) is 3.24. The van der Waals surface area contributed by atoms with Crippen LogP contribution in [0.5, 0.6) is 0 Å². The number of nitrogens with zero attached hydrogens (tertiary/aromatic N) is 3. The first-order chi connectivity index (χ1) is 12.4. The van der Waals surface area contributed by atoms with Gasteiger partial charge in [-0.1, -0.05) is 44.2 Å². The summed E-state index contributed by atoms with van der Waals surface area (Å²) < 4.78 is 0. The van der Waals surface area contributed by atoms with Crippen LogP contribution in [0, 0.1) is 0 Å². The maximum atomic E-state index is 4.86. The molecule has 26 heavy (non-hydrogen) atoms. The Morgan fingerprint density at radius 1 is 1.12 bits per heavy atom. The van der Waals surface area contributed by atoms with Crippen molar-refractivity contribution in [1.82, 2.24) is 20.4 Å². The Morgan fingerprint density at radius 2 is 1.77 bits per heavy atom. The van der Waals surface area contributed by atoms with Gasteiger partial charge in [0.05, 0.1) is 6.54 Å². The van der Waals surface area contributed by atoms with Crippen molar-refractivity contribution < 1.29 is 0 Å². The Kier molecular flexibility index (Phi) is 7.91. The van der Waals surface area contributed by atoms with Gasteiger partial charge in [-0.3, -0.25) is 9.89 Å². The van der Waals surface area contributed by atoms with Crippen molar-refractivity contribution in [3.63, 3.8) is 0 Å². The predicted octanol–water partition coefficient (Wildman–Crippen LogP) is 2.16. The number of likely N-dealkylation sites (N-methyl/N-ethyl adjacent to an activating group) is 1. The molecular formula is C21H37N5. The molecule has 0 bridgehead atoms. The molecule has 146 valence electrons. The number of piperazine rings is 1. The zero-order valence-corrected chi connectivity index (χ0v) is 17.3. The lowest BCUT2D eigenvalue weighted by Gasteiger charge is -2.36. The molecule has 2 rings (SSSR count). The second-order valence-electron chi connectivity index (χ2n) is 8.01. The molecule has 1 atom stereocenters. The summed E-state index contributed by atoms with van der Waals surface area (Å²) >= 11 is 0. The van der Waals surface area contributed by atoms with Crippen LogP contribution >= 0.6 is 0 Å². The van der Waals surface area contributed by atoms with E-state index in [1.165, 1.54) is 5.56 Å². The maximum Gasteiger partial charge on any atom is 0.191 e. The molecule has 1 aromatic rings. The van der Waals surface area contributed by atoms with E-state index in [0.717, 1.165) is 51.8 Å². The highest BCUT2D eigenvalue weighted by Gasteiger charge is 2.21. The monoisotopic (exact) mass is 359 g/mol. The first-order valence-electron chi connectivity index (χ1n) is 9.92. The number of rotatable bonds is 7. The second kappa shape index (κ2) is 9.93. The van der Waals surface area contributed by atoms with Gasteiger partial charge in [-0.15, -0.1) is 0 Å². The van der Waals surface area contributed by atoms with Gasteiger partial charge >= 0.3 is 0 Å². The molecule has 1 heterocycles. The Bertz CT molecular complexity index is 547. The van der Waals surface area contributed by atoms with E-state index >= 15 is 0 Å². The zero-order chi connectivity index (χ0) is 19.0. The topological polar surface area (TPSA) is 42.9 Å². The second-order valence-corrected chi connectivity index (χ2v) is 8.01. The SMILES string of the molecule is CCNC(=NCC(C)(C)c1ccccc1)NCC(C)N1CCN(C)CC1. The van der Waals surface area contributed by atoms with Crippen LogP contribution in [0.15, 0.2) is 35.3 Å². The van der Waals surface area contributed by atoms with E-state index in [9.17, 15) is 0 Å². The molecule has 1 aromatic carbocycles. The van der Waals surface area contributed by atoms with E-state index in [4.69, 9.17) is 4.99 Å². The van der Waals surface area contributed by atoms with E-state index in [0.29, 0.717) is 6.04 Å².